The topological polar surface area (TPSA) is 3.24 Å². The molecule has 3 aromatic rings. The van der Waals surface area contributed by atoms with Crippen molar-refractivity contribution in [3.05, 3.63) is 105 Å². The summed E-state index contributed by atoms with van der Waals surface area (Å²) in [5.41, 5.74) is 8.54. The van der Waals surface area contributed by atoms with E-state index in [0.29, 0.717) is 29.1 Å². The van der Waals surface area contributed by atoms with E-state index in [1.54, 1.807) is 4.90 Å². The number of alkyl halides is 1. The molecular formula is C30H30Cl2FN. The Morgan fingerprint density at radius 3 is 2.50 bits per heavy atom. The maximum Gasteiger partial charge on any atom is 0.0906 e. The van der Waals surface area contributed by atoms with Crippen molar-refractivity contribution in [3.63, 3.8) is 0 Å². The molecule has 5 rings (SSSR count). The van der Waals surface area contributed by atoms with Crippen molar-refractivity contribution >= 4 is 34.3 Å². The predicted octanol–water partition coefficient (Wildman–Crippen LogP) is 8.12. The van der Waals surface area contributed by atoms with Gasteiger partial charge >= 0.3 is 0 Å². The zero-order valence-electron chi connectivity index (χ0n) is 21.2. The number of allylic oxidation sites excluding steroid dienone is 1. The molecule has 176 valence electrons. The quantitative estimate of drug-likeness (QED) is 0.319. The van der Waals surface area contributed by atoms with Gasteiger partial charge in [-0.3, -0.25) is 4.39 Å². The largest absolute Gasteiger partial charge is 0.303 e. The fourth-order valence-corrected chi connectivity index (χ4v) is 5.75. The normalized spacial score (nSPS) is 18.1. The van der Waals surface area contributed by atoms with Gasteiger partial charge < -0.3 is 4.90 Å². The van der Waals surface area contributed by atoms with Crippen LogP contribution in [0, 0.1) is 5.92 Å². The lowest BCUT2D eigenvalue weighted by Gasteiger charge is -2.39. The molecular weight excluding hydrogens is 464 g/mol. The summed E-state index contributed by atoms with van der Waals surface area (Å²) in [6.07, 6.45) is 3.85. The second-order valence-electron chi connectivity index (χ2n) is 9.26. The van der Waals surface area contributed by atoms with E-state index in [2.05, 4.69) is 48.5 Å². The third kappa shape index (κ3) is 5.10. The summed E-state index contributed by atoms with van der Waals surface area (Å²) < 4.78 is 28.7. The number of halogens is 3. The van der Waals surface area contributed by atoms with Crippen LogP contribution in [-0.2, 0) is 12.8 Å². The highest BCUT2D eigenvalue weighted by Crippen LogP contribution is 2.42. The van der Waals surface area contributed by atoms with Crippen LogP contribution in [0.5, 0.6) is 0 Å². The Hall–Kier alpha value is -2.13. The lowest BCUT2D eigenvalue weighted by Crippen LogP contribution is -2.47. The number of rotatable bonds is 7. The summed E-state index contributed by atoms with van der Waals surface area (Å²) in [6.45, 7) is -0.829. The molecule has 0 radical (unpaired) electrons. The van der Waals surface area contributed by atoms with Crippen LogP contribution in [0.4, 0.5) is 4.39 Å². The lowest BCUT2D eigenvalue weighted by atomic mass is 9.86. The smallest absolute Gasteiger partial charge is 0.0906 e. The molecule has 0 unspecified atom stereocenters. The number of nitrogens with zero attached hydrogens (tertiary/aromatic N) is 1. The van der Waals surface area contributed by atoms with Gasteiger partial charge in [0.2, 0.25) is 0 Å². The summed E-state index contributed by atoms with van der Waals surface area (Å²) in [5.74, 6) is 0.395. The summed E-state index contributed by atoms with van der Waals surface area (Å²) in [6, 6.07) is 23.2. The van der Waals surface area contributed by atoms with E-state index in [1.165, 1.54) is 33.4 Å². The zero-order chi connectivity index (χ0) is 25.3. The van der Waals surface area contributed by atoms with Crippen molar-refractivity contribution in [1.82, 2.24) is 4.90 Å². The molecule has 1 saturated heterocycles. The minimum Gasteiger partial charge on any atom is -0.303 e. The number of hydrogen-bond acceptors (Lipinski definition) is 1. The summed E-state index contributed by atoms with van der Waals surface area (Å²) in [4.78, 5) is 1.75. The van der Waals surface area contributed by atoms with Crippen molar-refractivity contribution in [1.29, 1.82) is 0 Å². The van der Waals surface area contributed by atoms with Crippen LogP contribution in [-0.4, -0.2) is 31.2 Å². The second kappa shape index (κ2) is 10.6. The summed E-state index contributed by atoms with van der Waals surface area (Å²) in [7, 11) is 0. The Balaban J connectivity index is 1.44. The second-order valence-corrected chi connectivity index (χ2v) is 10.1. The molecule has 1 aliphatic heterocycles. The van der Waals surface area contributed by atoms with Gasteiger partial charge in [0.25, 0.3) is 0 Å². The highest BCUT2D eigenvalue weighted by molar-refractivity contribution is 6.36. The Labute approximate surface area is 215 Å². The van der Waals surface area contributed by atoms with Gasteiger partial charge in [-0.1, -0.05) is 77.8 Å². The van der Waals surface area contributed by atoms with Gasteiger partial charge in [-0.05, 0) is 89.1 Å². The molecule has 1 nitrogen and oxygen atoms in total. The third-order valence-electron chi connectivity index (χ3n) is 6.87. The average molecular weight is 496 g/mol. The number of fused-ring (bicyclic) bond motifs is 1. The van der Waals surface area contributed by atoms with Gasteiger partial charge in [0.1, 0.15) is 0 Å². The van der Waals surface area contributed by atoms with Gasteiger partial charge in [0, 0.05) is 32.4 Å². The molecule has 0 atom stereocenters. The van der Waals surface area contributed by atoms with E-state index in [1.807, 2.05) is 18.2 Å². The molecule has 34 heavy (non-hydrogen) atoms. The molecule has 1 fully saturated rings. The molecule has 0 spiro atoms. The SMILES string of the molecule is [2H]C([2H])(CCF)N1CC(Cc2ccc(C3=C(c4ccc(Cl)cc4Cl)CCCc4ccccc43)cc2)C1. The molecule has 1 heterocycles. The van der Waals surface area contributed by atoms with Gasteiger partial charge in [-0.15, -0.1) is 0 Å². The highest BCUT2D eigenvalue weighted by Gasteiger charge is 2.26. The molecule has 0 saturated carbocycles. The fourth-order valence-electron chi connectivity index (χ4n) is 5.23. The first kappa shape index (κ1) is 21.2. The maximum absolute atomic E-state index is 12.7. The molecule has 0 N–H and O–H groups in total. The Morgan fingerprint density at radius 1 is 0.941 bits per heavy atom. The van der Waals surface area contributed by atoms with Crippen molar-refractivity contribution in [2.75, 3.05) is 26.3 Å². The van der Waals surface area contributed by atoms with Crippen LogP contribution in [0.1, 0.15) is 49.8 Å². The Morgan fingerprint density at radius 2 is 1.74 bits per heavy atom. The monoisotopic (exact) mass is 495 g/mol. The first-order valence-electron chi connectivity index (χ1n) is 13.0. The number of likely N-dealkylation sites (tertiary alicyclic amines) is 1. The lowest BCUT2D eigenvalue weighted by molar-refractivity contribution is 0.0968. The fraction of sp³-hybridized carbons (Fsp3) is 0.333. The average Bonchev–Trinajstić information content (AvgIpc) is 3.01. The van der Waals surface area contributed by atoms with Gasteiger partial charge in [-0.25, -0.2) is 0 Å². The van der Waals surface area contributed by atoms with Crippen LogP contribution >= 0.6 is 23.2 Å². The van der Waals surface area contributed by atoms with Crippen molar-refractivity contribution < 1.29 is 7.13 Å². The Kier molecular flexibility index (Phi) is 6.63. The number of benzene rings is 3. The first-order chi connectivity index (χ1) is 17.4. The van der Waals surface area contributed by atoms with E-state index in [0.717, 1.165) is 31.2 Å². The highest BCUT2D eigenvalue weighted by atomic mass is 35.5. The summed E-state index contributed by atoms with van der Waals surface area (Å²) in [5, 5.41) is 1.31. The minimum absolute atomic E-state index is 0.0645. The van der Waals surface area contributed by atoms with Crippen molar-refractivity contribution in [2.45, 2.75) is 32.1 Å². The summed E-state index contributed by atoms with van der Waals surface area (Å²) >= 11 is 12.9. The first-order valence-corrected chi connectivity index (χ1v) is 12.8. The molecule has 0 aromatic heterocycles. The standard InChI is InChI=1S/C30H30Cl2FN/c31-25-13-14-27(29(32)18-25)28-8-3-6-23-5-1-2-7-26(23)30(28)24-11-9-21(10-12-24)17-22-19-34(20-22)16-4-15-33/h1-2,5,7,9-14,18,22H,3-4,6,8,15-17,19-20H2/i16D2. The van der Waals surface area contributed by atoms with E-state index < -0.39 is 13.2 Å². The minimum atomic E-state index is -1.55. The van der Waals surface area contributed by atoms with Crippen molar-refractivity contribution in [3.8, 4) is 0 Å². The van der Waals surface area contributed by atoms with Crippen LogP contribution in [0.15, 0.2) is 66.7 Å². The van der Waals surface area contributed by atoms with E-state index in [9.17, 15) is 4.39 Å². The van der Waals surface area contributed by atoms with Crippen LogP contribution in [0.3, 0.4) is 0 Å². The Bertz CT molecular complexity index is 1270. The molecule has 0 bridgehead atoms. The van der Waals surface area contributed by atoms with Crippen LogP contribution in [0.25, 0.3) is 11.1 Å². The zero-order valence-corrected chi connectivity index (χ0v) is 20.7. The molecule has 4 heteroatoms. The van der Waals surface area contributed by atoms with Crippen LogP contribution in [0.2, 0.25) is 10.0 Å². The van der Waals surface area contributed by atoms with E-state index in [4.69, 9.17) is 25.9 Å². The number of aryl methyl sites for hydroxylation is 1. The van der Waals surface area contributed by atoms with E-state index in [-0.39, 0.29) is 6.42 Å². The maximum atomic E-state index is 12.7. The van der Waals surface area contributed by atoms with Gasteiger partial charge in [0.05, 0.1) is 6.67 Å². The molecule has 3 aromatic carbocycles. The van der Waals surface area contributed by atoms with Crippen LogP contribution < -0.4 is 0 Å². The van der Waals surface area contributed by atoms with E-state index >= 15 is 0 Å². The molecule has 0 amide bonds. The third-order valence-corrected chi connectivity index (χ3v) is 7.42. The number of hydrogen-bond donors (Lipinski definition) is 0. The molecule has 1 aliphatic carbocycles. The van der Waals surface area contributed by atoms with Gasteiger partial charge in [0.15, 0.2) is 0 Å². The van der Waals surface area contributed by atoms with Crippen molar-refractivity contribution in [2.24, 2.45) is 5.92 Å². The van der Waals surface area contributed by atoms with Gasteiger partial charge in [-0.2, -0.15) is 0 Å². The predicted molar refractivity (Wildman–Crippen MR) is 142 cm³/mol. The molecule has 2 aliphatic rings.